The average molecular weight is 499 g/mol. The molecule has 0 saturated carbocycles. The Morgan fingerprint density at radius 1 is 0.865 bits per heavy atom. The fraction of sp³-hybridized carbons (Fsp3) is 0.161. The van der Waals surface area contributed by atoms with Gasteiger partial charge in [-0.3, -0.25) is 9.79 Å². The Kier molecular flexibility index (Phi) is 6.42. The largest absolute Gasteiger partial charge is 0.416 e. The van der Waals surface area contributed by atoms with E-state index in [-0.39, 0.29) is 12.2 Å². The van der Waals surface area contributed by atoms with Crippen LogP contribution in [0.25, 0.3) is 22.3 Å². The van der Waals surface area contributed by atoms with Crippen LogP contribution in [0.1, 0.15) is 44.6 Å². The molecule has 0 spiro atoms. The van der Waals surface area contributed by atoms with Gasteiger partial charge in [0.05, 0.1) is 5.56 Å². The predicted octanol–water partition coefficient (Wildman–Crippen LogP) is 7.09. The molecule has 4 aromatic carbocycles. The number of carbonyl (C=O) groups excluding carboxylic acids is 1. The van der Waals surface area contributed by atoms with Gasteiger partial charge in [0, 0.05) is 24.6 Å². The number of fused-ring (bicyclic) bond motifs is 3. The molecule has 0 radical (unpaired) electrons. The number of nitrogens with zero attached hydrogens (tertiary/aromatic N) is 1. The second-order valence-electron chi connectivity index (χ2n) is 9.15. The summed E-state index contributed by atoms with van der Waals surface area (Å²) in [6, 6.07) is 24.9. The molecule has 1 aliphatic rings. The van der Waals surface area contributed by atoms with Crippen LogP contribution in [0, 0.1) is 0 Å². The van der Waals surface area contributed by atoms with Gasteiger partial charge in [0.1, 0.15) is 5.84 Å². The maximum atomic E-state index is 13.6. The zero-order valence-corrected chi connectivity index (χ0v) is 20.3. The number of aliphatic imine (C=N–C) groups is 1. The van der Waals surface area contributed by atoms with Crippen LogP contribution < -0.4 is 5.73 Å². The number of benzene rings is 4. The Labute approximate surface area is 213 Å². The summed E-state index contributed by atoms with van der Waals surface area (Å²) >= 11 is 0. The maximum absolute atomic E-state index is 13.6. The normalized spacial score (nSPS) is 12.8. The lowest BCUT2D eigenvalue weighted by atomic mass is 9.88. The number of rotatable bonds is 6. The molecule has 0 unspecified atom stereocenters. The van der Waals surface area contributed by atoms with Gasteiger partial charge in [0.15, 0.2) is 5.78 Å². The summed E-state index contributed by atoms with van der Waals surface area (Å²) in [4.78, 5) is 17.6. The molecule has 5 rings (SSSR count). The van der Waals surface area contributed by atoms with Crippen LogP contribution in [0.5, 0.6) is 0 Å². The van der Waals surface area contributed by atoms with Crippen LogP contribution >= 0.6 is 0 Å². The number of amidine groups is 1. The molecule has 0 amide bonds. The first-order chi connectivity index (χ1) is 17.8. The first-order valence-electron chi connectivity index (χ1n) is 12.0. The van der Waals surface area contributed by atoms with Crippen LogP contribution in [-0.2, 0) is 19.0 Å². The highest BCUT2D eigenvalue weighted by Gasteiger charge is 2.30. The standard InChI is InChI=1S/C31H25F3N2O/c1-36-30(35)21-12-15-26(25-8-4-7-24-23-6-3-2-5-20(23)17-27(24)25)28(18-21)29(37)16-11-19-9-13-22(14-10-19)31(32,33)34/h2-10,12-15,18H,11,16-17H2,1H3,(H2,35,36). The Morgan fingerprint density at radius 3 is 2.24 bits per heavy atom. The molecule has 0 atom stereocenters. The number of hydrogen-bond donors (Lipinski definition) is 1. The van der Waals surface area contributed by atoms with E-state index in [2.05, 4.69) is 23.2 Å². The van der Waals surface area contributed by atoms with Crippen molar-refractivity contribution >= 4 is 11.6 Å². The lowest BCUT2D eigenvalue weighted by Crippen LogP contribution is -2.14. The molecule has 0 fully saturated rings. The third-order valence-electron chi connectivity index (χ3n) is 6.92. The van der Waals surface area contributed by atoms with Gasteiger partial charge in [-0.1, -0.05) is 66.7 Å². The molecule has 186 valence electrons. The Morgan fingerprint density at radius 2 is 1.54 bits per heavy atom. The third kappa shape index (κ3) is 4.79. The van der Waals surface area contributed by atoms with Gasteiger partial charge in [0.25, 0.3) is 0 Å². The van der Waals surface area contributed by atoms with Crippen molar-refractivity contribution in [3.8, 4) is 22.3 Å². The van der Waals surface area contributed by atoms with Gasteiger partial charge in [-0.2, -0.15) is 13.2 Å². The smallest absolute Gasteiger partial charge is 0.384 e. The molecule has 37 heavy (non-hydrogen) atoms. The molecule has 0 aromatic heterocycles. The number of carbonyl (C=O) groups is 1. The van der Waals surface area contributed by atoms with Crippen molar-refractivity contribution in [2.45, 2.75) is 25.4 Å². The fourth-order valence-electron chi connectivity index (χ4n) is 4.96. The van der Waals surface area contributed by atoms with E-state index in [0.29, 0.717) is 28.9 Å². The van der Waals surface area contributed by atoms with Gasteiger partial charge in [-0.15, -0.1) is 0 Å². The molecule has 4 aromatic rings. The summed E-state index contributed by atoms with van der Waals surface area (Å²) in [6.07, 6.45) is -3.13. The summed E-state index contributed by atoms with van der Waals surface area (Å²) in [6.45, 7) is 0. The van der Waals surface area contributed by atoms with Crippen molar-refractivity contribution in [2.24, 2.45) is 10.7 Å². The second kappa shape index (κ2) is 9.69. The summed E-state index contributed by atoms with van der Waals surface area (Å²) in [5, 5.41) is 0. The minimum atomic E-state index is -4.39. The van der Waals surface area contributed by atoms with Crippen LogP contribution in [0.2, 0.25) is 0 Å². The Hall–Kier alpha value is -4.19. The van der Waals surface area contributed by atoms with E-state index in [1.54, 1.807) is 13.1 Å². The summed E-state index contributed by atoms with van der Waals surface area (Å²) in [7, 11) is 1.59. The lowest BCUT2D eigenvalue weighted by Gasteiger charge is -2.15. The highest BCUT2D eigenvalue weighted by molar-refractivity contribution is 6.07. The molecular formula is C31H25F3N2O. The number of Topliss-reactive ketones (excluding diaryl/α,β-unsaturated/α-hetero) is 1. The quantitative estimate of drug-likeness (QED) is 0.154. The van der Waals surface area contributed by atoms with Crippen LogP contribution in [0.4, 0.5) is 13.2 Å². The van der Waals surface area contributed by atoms with Crippen molar-refractivity contribution in [3.05, 3.63) is 118 Å². The molecule has 0 bridgehead atoms. The molecule has 0 heterocycles. The van der Waals surface area contributed by atoms with Gasteiger partial charge >= 0.3 is 6.18 Å². The van der Waals surface area contributed by atoms with Crippen LogP contribution in [0.3, 0.4) is 0 Å². The maximum Gasteiger partial charge on any atom is 0.416 e. The molecule has 0 saturated heterocycles. The van der Waals surface area contributed by atoms with E-state index >= 15 is 0 Å². The number of ketones is 1. The third-order valence-corrected chi connectivity index (χ3v) is 6.92. The average Bonchev–Trinajstić information content (AvgIpc) is 3.29. The van der Waals surface area contributed by atoms with Crippen molar-refractivity contribution in [1.29, 1.82) is 0 Å². The summed E-state index contributed by atoms with van der Waals surface area (Å²) in [5.74, 6) is 0.225. The van der Waals surface area contributed by atoms with Gasteiger partial charge in [0.2, 0.25) is 0 Å². The topological polar surface area (TPSA) is 55.4 Å². The van der Waals surface area contributed by atoms with E-state index in [1.807, 2.05) is 36.4 Å². The van der Waals surface area contributed by atoms with E-state index in [9.17, 15) is 18.0 Å². The monoisotopic (exact) mass is 498 g/mol. The molecular weight excluding hydrogens is 473 g/mol. The zero-order chi connectivity index (χ0) is 26.2. The number of alkyl halides is 3. The van der Waals surface area contributed by atoms with Crippen molar-refractivity contribution < 1.29 is 18.0 Å². The molecule has 3 nitrogen and oxygen atoms in total. The zero-order valence-electron chi connectivity index (χ0n) is 20.3. The van der Waals surface area contributed by atoms with E-state index < -0.39 is 11.7 Å². The lowest BCUT2D eigenvalue weighted by molar-refractivity contribution is -0.137. The van der Waals surface area contributed by atoms with Crippen molar-refractivity contribution in [2.75, 3.05) is 7.05 Å². The molecule has 6 heteroatoms. The van der Waals surface area contributed by atoms with Crippen LogP contribution in [0.15, 0.2) is 89.9 Å². The Bertz CT molecular complexity index is 1520. The first-order valence-corrected chi connectivity index (χ1v) is 12.0. The second-order valence-corrected chi connectivity index (χ2v) is 9.15. The predicted molar refractivity (Wildman–Crippen MR) is 141 cm³/mol. The highest BCUT2D eigenvalue weighted by atomic mass is 19.4. The SMILES string of the molecule is CN=C(N)c1ccc(-c2cccc3c2Cc2ccccc2-3)c(C(=O)CCc2ccc(C(F)(F)F)cc2)c1. The molecule has 1 aliphatic carbocycles. The van der Waals surface area contributed by atoms with E-state index in [1.165, 1.54) is 28.8 Å². The number of nitrogens with two attached hydrogens (primary N) is 1. The van der Waals surface area contributed by atoms with Crippen molar-refractivity contribution in [1.82, 2.24) is 0 Å². The molecule has 2 N–H and O–H groups in total. The first kappa shape index (κ1) is 24.5. The number of aryl methyl sites for hydroxylation is 1. The molecule has 0 aliphatic heterocycles. The Balaban J connectivity index is 1.50. The summed E-state index contributed by atoms with van der Waals surface area (Å²) < 4.78 is 38.7. The highest BCUT2D eigenvalue weighted by Crippen LogP contribution is 2.42. The van der Waals surface area contributed by atoms with Gasteiger partial charge < -0.3 is 5.73 Å². The van der Waals surface area contributed by atoms with E-state index in [0.717, 1.165) is 35.2 Å². The number of hydrogen-bond acceptors (Lipinski definition) is 2. The van der Waals surface area contributed by atoms with Crippen molar-refractivity contribution in [3.63, 3.8) is 0 Å². The van der Waals surface area contributed by atoms with Gasteiger partial charge in [-0.05, 0) is 70.0 Å². The van der Waals surface area contributed by atoms with Crippen LogP contribution in [-0.4, -0.2) is 18.7 Å². The minimum Gasteiger partial charge on any atom is -0.384 e. The summed E-state index contributed by atoms with van der Waals surface area (Å²) in [5.41, 5.74) is 13.8. The van der Waals surface area contributed by atoms with Gasteiger partial charge in [-0.25, -0.2) is 0 Å². The number of halogens is 3. The minimum absolute atomic E-state index is 0.103. The van der Waals surface area contributed by atoms with E-state index in [4.69, 9.17) is 5.73 Å². The fourth-order valence-corrected chi connectivity index (χ4v) is 4.96.